The maximum atomic E-state index is 13.2. The molecule has 1 heterocycles. The summed E-state index contributed by atoms with van der Waals surface area (Å²) in [5.41, 5.74) is 10.3. The van der Waals surface area contributed by atoms with Crippen molar-refractivity contribution in [1.82, 2.24) is 10.2 Å². The van der Waals surface area contributed by atoms with Crippen LogP contribution in [0.15, 0.2) is 42.5 Å². The minimum Gasteiger partial charge on any atom is -0.348 e. The Morgan fingerprint density at radius 3 is 2.23 bits per heavy atom. The highest BCUT2D eigenvalue weighted by molar-refractivity contribution is 6.05. The SMILES string of the molecule is CC(C)(C)c1ccc(C(=O)Nc2cc(C(=O)NC3CCCCC3N)ccc2CN2CCCC2)cc1. The third-order valence-electron chi connectivity index (χ3n) is 7.36. The van der Waals surface area contributed by atoms with E-state index in [1.165, 1.54) is 18.4 Å². The van der Waals surface area contributed by atoms with Gasteiger partial charge in [-0.2, -0.15) is 0 Å². The van der Waals surface area contributed by atoms with Crippen molar-refractivity contribution in [3.63, 3.8) is 0 Å². The van der Waals surface area contributed by atoms with Crippen molar-refractivity contribution >= 4 is 17.5 Å². The lowest BCUT2D eigenvalue weighted by Gasteiger charge is -2.29. The average Bonchev–Trinajstić information content (AvgIpc) is 3.34. The van der Waals surface area contributed by atoms with E-state index in [9.17, 15) is 9.59 Å². The number of likely N-dealkylation sites (tertiary alicyclic amines) is 1. The van der Waals surface area contributed by atoms with Crippen molar-refractivity contribution in [3.8, 4) is 0 Å². The molecule has 1 saturated carbocycles. The lowest BCUT2D eigenvalue weighted by molar-refractivity contribution is 0.0920. The van der Waals surface area contributed by atoms with Crippen LogP contribution in [0, 0.1) is 0 Å². The largest absolute Gasteiger partial charge is 0.348 e. The molecule has 2 aromatic rings. The highest BCUT2D eigenvalue weighted by atomic mass is 16.2. The van der Waals surface area contributed by atoms with Gasteiger partial charge in [-0.15, -0.1) is 0 Å². The zero-order chi connectivity index (χ0) is 25.0. The molecule has 2 atom stereocenters. The quantitative estimate of drug-likeness (QED) is 0.557. The summed E-state index contributed by atoms with van der Waals surface area (Å²) in [5, 5.41) is 6.22. The predicted molar refractivity (Wildman–Crippen MR) is 142 cm³/mol. The van der Waals surface area contributed by atoms with Crippen LogP contribution in [0.25, 0.3) is 0 Å². The van der Waals surface area contributed by atoms with Crippen LogP contribution in [0.5, 0.6) is 0 Å². The number of rotatable bonds is 6. The molecule has 4 N–H and O–H groups in total. The fraction of sp³-hybridized carbons (Fsp3) is 0.517. The molecular weight excluding hydrogens is 436 g/mol. The fourth-order valence-electron chi connectivity index (χ4n) is 5.06. The van der Waals surface area contributed by atoms with Gasteiger partial charge < -0.3 is 16.4 Å². The van der Waals surface area contributed by atoms with Gasteiger partial charge in [-0.3, -0.25) is 14.5 Å². The molecule has 6 heteroatoms. The average molecular weight is 477 g/mol. The Bertz CT molecular complexity index is 1040. The van der Waals surface area contributed by atoms with E-state index in [1.54, 1.807) is 0 Å². The van der Waals surface area contributed by atoms with E-state index < -0.39 is 0 Å². The minimum atomic E-state index is -0.167. The summed E-state index contributed by atoms with van der Waals surface area (Å²) >= 11 is 0. The number of amides is 2. The van der Waals surface area contributed by atoms with Crippen LogP contribution in [0.2, 0.25) is 0 Å². The molecule has 0 spiro atoms. The van der Waals surface area contributed by atoms with Gasteiger partial charge in [-0.25, -0.2) is 0 Å². The molecule has 2 fully saturated rings. The van der Waals surface area contributed by atoms with Gasteiger partial charge in [0.25, 0.3) is 11.8 Å². The lowest BCUT2D eigenvalue weighted by Crippen LogP contribution is -2.49. The summed E-state index contributed by atoms with van der Waals surface area (Å²) in [6, 6.07) is 13.4. The van der Waals surface area contributed by atoms with Crippen molar-refractivity contribution in [2.24, 2.45) is 5.73 Å². The molecule has 0 radical (unpaired) electrons. The van der Waals surface area contributed by atoms with Crippen LogP contribution in [-0.4, -0.2) is 41.9 Å². The molecule has 2 aromatic carbocycles. The Hall–Kier alpha value is -2.70. The highest BCUT2D eigenvalue weighted by Gasteiger charge is 2.24. The zero-order valence-electron chi connectivity index (χ0n) is 21.4. The third kappa shape index (κ3) is 6.50. The van der Waals surface area contributed by atoms with Crippen molar-refractivity contribution in [1.29, 1.82) is 0 Å². The molecular formula is C29H40N4O2. The molecule has 0 aromatic heterocycles. The van der Waals surface area contributed by atoms with Crippen molar-refractivity contribution < 1.29 is 9.59 Å². The van der Waals surface area contributed by atoms with Gasteiger partial charge >= 0.3 is 0 Å². The Balaban J connectivity index is 1.54. The van der Waals surface area contributed by atoms with Gasteiger partial charge in [-0.05, 0) is 79.6 Å². The Morgan fingerprint density at radius 2 is 1.57 bits per heavy atom. The highest BCUT2D eigenvalue weighted by Crippen LogP contribution is 2.25. The molecule has 6 nitrogen and oxygen atoms in total. The standard InChI is InChI=1S/C29H40N4O2/c1-29(2,3)23-14-12-20(13-15-23)27(34)32-26-18-21(10-11-22(26)19-33-16-6-7-17-33)28(35)31-25-9-5-4-8-24(25)30/h10-15,18,24-25H,4-9,16-17,19,30H2,1-3H3,(H,31,35)(H,32,34). The van der Waals surface area contributed by atoms with Gasteiger partial charge in [0, 0.05) is 35.4 Å². The molecule has 2 amide bonds. The van der Waals surface area contributed by atoms with Crippen LogP contribution >= 0.6 is 0 Å². The molecule has 1 aliphatic heterocycles. The lowest BCUT2D eigenvalue weighted by atomic mass is 9.86. The smallest absolute Gasteiger partial charge is 0.255 e. The van der Waals surface area contributed by atoms with Gasteiger partial charge in [-0.1, -0.05) is 51.8 Å². The van der Waals surface area contributed by atoms with Gasteiger partial charge in [0.05, 0.1) is 0 Å². The molecule has 1 aliphatic carbocycles. The zero-order valence-corrected chi connectivity index (χ0v) is 21.4. The number of anilines is 1. The number of hydrogen-bond acceptors (Lipinski definition) is 4. The van der Waals surface area contributed by atoms with E-state index in [-0.39, 0.29) is 29.3 Å². The summed E-state index contributed by atoms with van der Waals surface area (Å²) in [6.45, 7) is 9.34. The number of nitrogens with two attached hydrogens (primary N) is 1. The summed E-state index contributed by atoms with van der Waals surface area (Å²) in [7, 11) is 0. The van der Waals surface area contributed by atoms with Crippen LogP contribution in [0.3, 0.4) is 0 Å². The van der Waals surface area contributed by atoms with Crippen LogP contribution in [0.1, 0.15) is 91.1 Å². The maximum Gasteiger partial charge on any atom is 0.255 e. The van der Waals surface area contributed by atoms with E-state index in [4.69, 9.17) is 5.73 Å². The Morgan fingerprint density at radius 1 is 0.914 bits per heavy atom. The first-order valence-corrected chi connectivity index (χ1v) is 13.0. The number of carbonyl (C=O) groups excluding carboxylic acids is 2. The molecule has 0 bridgehead atoms. The second kappa shape index (κ2) is 10.9. The first kappa shape index (κ1) is 25.4. The number of carbonyl (C=O) groups is 2. The number of nitrogens with zero attached hydrogens (tertiary/aromatic N) is 1. The second-order valence-corrected chi connectivity index (χ2v) is 11.2. The van der Waals surface area contributed by atoms with E-state index in [0.29, 0.717) is 16.8 Å². The first-order chi connectivity index (χ1) is 16.7. The molecule has 2 aliphatic rings. The Labute approximate surface area is 209 Å². The van der Waals surface area contributed by atoms with E-state index >= 15 is 0 Å². The van der Waals surface area contributed by atoms with Gasteiger partial charge in [0.15, 0.2) is 0 Å². The molecule has 188 valence electrons. The molecule has 2 unspecified atom stereocenters. The van der Waals surface area contributed by atoms with Gasteiger partial charge in [0.2, 0.25) is 0 Å². The van der Waals surface area contributed by atoms with Gasteiger partial charge in [0.1, 0.15) is 0 Å². The number of hydrogen-bond donors (Lipinski definition) is 3. The Kier molecular flexibility index (Phi) is 7.92. The second-order valence-electron chi connectivity index (χ2n) is 11.2. The van der Waals surface area contributed by atoms with Crippen molar-refractivity contribution in [2.75, 3.05) is 18.4 Å². The number of nitrogens with one attached hydrogen (secondary N) is 2. The maximum absolute atomic E-state index is 13.2. The predicted octanol–water partition coefficient (Wildman–Crippen LogP) is 4.83. The van der Waals surface area contributed by atoms with Crippen molar-refractivity contribution in [3.05, 3.63) is 64.7 Å². The molecule has 1 saturated heterocycles. The van der Waals surface area contributed by atoms with Crippen LogP contribution < -0.4 is 16.4 Å². The fourth-order valence-corrected chi connectivity index (χ4v) is 5.06. The van der Waals surface area contributed by atoms with E-state index in [2.05, 4.69) is 36.3 Å². The summed E-state index contributed by atoms with van der Waals surface area (Å²) < 4.78 is 0. The molecule has 35 heavy (non-hydrogen) atoms. The summed E-state index contributed by atoms with van der Waals surface area (Å²) in [6.07, 6.45) is 6.45. The molecule has 4 rings (SSSR count). The monoisotopic (exact) mass is 476 g/mol. The summed E-state index contributed by atoms with van der Waals surface area (Å²) in [5.74, 6) is -0.301. The van der Waals surface area contributed by atoms with Crippen LogP contribution in [0.4, 0.5) is 5.69 Å². The number of benzene rings is 2. The minimum absolute atomic E-state index is 0.0000940. The first-order valence-electron chi connectivity index (χ1n) is 13.0. The van der Waals surface area contributed by atoms with Crippen LogP contribution in [-0.2, 0) is 12.0 Å². The topological polar surface area (TPSA) is 87.5 Å². The summed E-state index contributed by atoms with van der Waals surface area (Å²) in [4.78, 5) is 28.6. The van der Waals surface area contributed by atoms with Crippen molar-refractivity contribution in [2.45, 2.75) is 83.3 Å². The third-order valence-corrected chi connectivity index (χ3v) is 7.36. The normalized spacial score (nSPS) is 21.0. The van der Waals surface area contributed by atoms with E-state index in [1.807, 2.05) is 42.5 Å². The van der Waals surface area contributed by atoms with E-state index in [0.717, 1.165) is 50.9 Å².